The number of fused-ring (bicyclic) bond motifs is 2. The zero-order valence-electron chi connectivity index (χ0n) is 10.7. The molecule has 2 aromatic heterocycles. The van der Waals surface area contributed by atoms with Gasteiger partial charge >= 0.3 is 0 Å². The minimum absolute atomic E-state index is 0.469. The normalized spacial score (nSPS) is 28.9. The lowest BCUT2D eigenvalue weighted by atomic mass is 9.85. The largest absolute Gasteiger partial charge is 0.380 e. The summed E-state index contributed by atoms with van der Waals surface area (Å²) in [6, 6.07) is 5.85. The highest BCUT2D eigenvalue weighted by Crippen LogP contribution is 2.54. The number of pyridine rings is 1. The fourth-order valence-corrected chi connectivity index (χ4v) is 3.90. The highest BCUT2D eigenvalue weighted by molar-refractivity contribution is 5.73. The number of nitrogen functional groups attached to an aromatic ring is 1. The smallest absolute Gasteiger partial charge is 0.176 e. The van der Waals surface area contributed by atoms with E-state index in [4.69, 9.17) is 10.3 Å². The maximum atomic E-state index is 5.99. The molecule has 0 radical (unpaired) electrons. The second-order valence-electron chi connectivity index (χ2n) is 5.80. The molecule has 2 bridgehead atoms. The first kappa shape index (κ1) is 11.0. The lowest BCUT2D eigenvalue weighted by Gasteiger charge is -2.19. The Bertz CT molecular complexity index is 593. The molecule has 0 amide bonds. The lowest BCUT2D eigenvalue weighted by molar-refractivity contribution is 0.311. The number of nitrogens with two attached hydrogens (primary N) is 1. The Morgan fingerprint density at radius 2 is 2.16 bits per heavy atom. The Kier molecular flexibility index (Phi) is 2.37. The number of anilines is 1. The van der Waals surface area contributed by atoms with Crippen LogP contribution >= 0.6 is 0 Å². The van der Waals surface area contributed by atoms with Gasteiger partial charge in [0.15, 0.2) is 11.6 Å². The predicted octanol–water partition coefficient (Wildman–Crippen LogP) is 3.22. The van der Waals surface area contributed by atoms with Crippen molar-refractivity contribution in [1.29, 1.82) is 0 Å². The zero-order valence-corrected chi connectivity index (χ0v) is 10.7. The summed E-state index contributed by atoms with van der Waals surface area (Å²) in [6.45, 7) is 0. The van der Waals surface area contributed by atoms with Crippen LogP contribution < -0.4 is 5.73 Å². The van der Waals surface area contributed by atoms with E-state index in [1.165, 1.54) is 25.7 Å². The maximum absolute atomic E-state index is 5.99. The highest BCUT2D eigenvalue weighted by atomic mass is 16.5. The third-order valence-electron chi connectivity index (χ3n) is 4.74. The summed E-state index contributed by atoms with van der Waals surface area (Å²) >= 11 is 0. The first-order valence-corrected chi connectivity index (χ1v) is 6.99. The molecule has 4 heteroatoms. The van der Waals surface area contributed by atoms with Gasteiger partial charge in [0, 0.05) is 12.1 Å². The van der Waals surface area contributed by atoms with E-state index in [-0.39, 0.29) is 0 Å². The van der Waals surface area contributed by atoms with Crippen LogP contribution in [0.2, 0.25) is 0 Å². The fraction of sp³-hybridized carbons (Fsp3) is 0.467. The van der Waals surface area contributed by atoms with Crippen LogP contribution in [-0.4, -0.2) is 10.1 Å². The minimum atomic E-state index is 0.469. The van der Waals surface area contributed by atoms with E-state index in [0.717, 1.165) is 28.9 Å². The van der Waals surface area contributed by atoms with Gasteiger partial charge in [0.1, 0.15) is 0 Å². The molecule has 2 fully saturated rings. The van der Waals surface area contributed by atoms with Gasteiger partial charge in [-0.3, -0.25) is 4.98 Å². The standard InChI is InChI=1S/C15H17N3O/c16-15-13(12-3-1-2-6-17-12)14(19-18-15)11-8-9-4-5-10(11)7-9/h1-3,6,9-11H,4-5,7-8H2,(H2,16,18). The van der Waals surface area contributed by atoms with Gasteiger partial charge in [-0.1, -0.05) is 17.6 Å². The maximum Gasteiger partial charge on any atom is 0.176 e. The quantitative estimate of drug-likeness (QED) is 0.894. The number of aromatic nitrogens is 2. The van der Waals surface area contributed by atoms with E-state index >= 15 is 0 Å². The van der Waals surface area contributed by atoms with Gasteiger partial charge in [-0.15, -0.1) is 0 Å². The van der Waals surface area contributed by atoms with Crippen molar-refractivity contribution in [2.24, 2.45) is 11.8 Å². The van der Waals surface area contributed by atoms with Crippen LogP contribution in [0, 0.1) is 11.8 Å². The van der Waals surface area contributed by atoms with Crippen LogP contribution in [0.25, 0.3) is 11.3 Å². The number of hydrogen-bond acceptors (Lipinski definition) is 4. The molecule has 2 aliphatic carbocycles. The Labute approximate surface area is 112 Å². The first-order chi connectivity index (χ1) is 9.33. The number of rotatable bonds is 2. The number of hydrogen-bond donors (Lipinski definition) is 1. The van der Waals surface area contributed by atoms with Gasteiger partial charge in [-0.25, -0.2) is 0 Å². The van der Waals surface area contributed by atoms with Crippen LogP contribution in [0.3, 0.4) is 0 Å². The van der Waals surface area contributed by atoms with Gasteiger partial charge in [-0.05, 0) is 43.2 Å². The zero-order chi connectivity index (χ0) is 12.8. The average Bonchev–Trinajstić information content (AvgIpc) is 3.14. The second kappa shape index (κ2) is 4.08. The minimum Gasteiger partial charge on any atom is -0.380 e. The molecule has 2 aromatic rings. The average molecular weight is 255 g/mol. The molecular weight excluding hydrogens is 238 g/mol. The summed E-state index contributed by atoms with van der Waals surface area (Å²) in [5.41, 5.74) is 7.78. The van der Waals surface area contributed by atoms with Crippen molar-refractivity contribution >= 4 is 5.82 Å². The first-order valence-electron chi connectivity index (χ1n) is 6.99. The molecule has 98 valence electrons. The molecule has 4 rings (SSSR count). The van der Waals surface area contributed by atoms with Crippen molar-refractivity contribution in [1.82, 2.24) is 10.1 Å². The number of nitrogens with zero attached hydrogens (tertiary/aromatic N) is 2. The Morgan fingerprint density at radius 3 is 2.84 bits per heavy atom. The topological polar surface area (TPSA) is 64.9 Å². The highest BCUT2D eigenvalue weighted by Gasteiger charge is 2.43. The fourth-order valence-electron chi connectivity index (χ4n) is 3.90. The van der Waals surface area contributed by atoms with Gasteiger partial charge in [0.25, 0.3) is 0 Å². The van der Waals surface area contributed by atoms with E-state index in [1.807, 2.05) is 18.2 Å². The SMILES string of the molecule is Nc1noc(C2CC3CCC2C3)c1-c1ccccn1. The van der Waals surface area contributed by atoms with Gasteiger partial charge in [0.05, 0.1) is 11.3 Å². The van der Waals surface area contributed by atoms with E-state index in [9.17, 15) is 0 Å². The molecule has 0 aliphatic heterocycles. The van der Waals surface area contributed by atoms with Crippen molar-refractivity contribution in [3.8, 4) is 11.3 Å². The van der Waals surface area contributed by atoms with Crippen LogP contribution in [0.1, 0.15) is 37.4 Å². The van der Waals surface area contributed by atoms with E-state index < -0.39 is 0 Å². The van der Waals surface area contributed by atoms with Gasteiger partial charge in [-0.2, -0.15) is 0 Å². The van der Waals surface area contributed by atoms with Crippen LogP contribution in [0.4, 0.5) is 5.82 Å². The molecular formula is C15H17N3O. The molecule has 0 spiro atoms. The Morgan fingerprint density at radius 1 is 1.21 bits per heavy atom. The predicted molar refractivity (Wildman–Crippen MR) is 72.3 cm³/mol. The van der Waals surface area contributed by atoms with Crippen LogP contribution in [0.15, 0.2) is 28.9 Å². The van der Waals surface area contributed by atoms with E-state index in [0.29, 0.717) is 11.7 Å². The summed E-state index contributed by atoms with van der Waals surface area (Å²) in [7, 11) is 0. The molecule has 3 atom stereocenters. The summed E-state index contributed by atoms with van der Waals surface area (Å²) in [5.74, 6) is 3.54. The van der Waals surface area contributed by atoms with Crippen molar-refractivity contribution < 1.29 is 4.52 Å². The molecule has 2 heterocycles. The monoisotopic (exact) mass is 255 g/mol. The molecule has 2 aliphatic rings. The van der Waals surface area contributed by atoms with Crippen molar-refractivity contribution in [3.05, 3.63) is 30.2 Å². The molecule has 4 nitrogen and oxygen atoms in total. The molecule has 2 N–H and O–H groups in total. The summed E-state index contributed by atoms with van der Waals surface area (Å²) < 4.78 is 5.57. The summed E-state index contributed by atoms with van der Waals surface area (Å²) in [6.07, 6.45) is 7.04. The Balaban J connectivity index is 1.78. The molecule has 3 unspecified atom stereocenters. The van der Waals surface area contributed by atoms with E-state index in [2.05, 4.69) is 10.1 Å². The summed E-state index contributed by atoms with van der Waals surface area (Å²) in [5, 5.41) is 3.98. The molecule has 0 aromatic carbocycles. The third kappa shape index (κ3) is 1.66. The second-order valence-corrected chi connectivity index (χ2v) is 5.80. The van der Waals surface area contributed by atoms with Gasteiger partial charge < -0.3 is 10.3 Å². The lowest BCUT2D eigenvalue weighted by Crippen LogP contribution is -2.09. The van der Waals surface area contributed by atoms with Crippen molar-refractivity contribution in [3.63, 3.8) is 0 Å². The molecule has 19 heavy (non-hydrogen) atoms. The van der Waals surface area contributed by atoms with Crippen molar-refractivity contribution in [2.75, 3.05) is 5.73 Å². The van der Waals surface area contributed by atoms with Crippen molar-refractivity contribution in [2.45, 2.75) is 31.6 Å². The van der Waals surface area contributed by atoms with Gasteiger partial charge in [0.2, 0.25) is 0 Å². The van der Waals surface area contributed by atoms with E-state index in [1.54, 1.807) is 6.20 Å². The molecule has 2 saturated carbocycles. The molecule has 0 saturated heterocycles. The van der Waals surface area contributed by atoms with Crippen LogP contribution in [-0.2, 0) is 0 Å². The third-order valence-corrected chi connectivity index (χ3v) is 4.74. The summed E-state index contributed by atoms with van der Waals surface area (Å²) in [4.78, 5) is 4.40. The Hall–Kier alpha value is -1.84. The van der Waals surface area contributed by atoms with Crippen LogP contribution in [0.5, 0.6) is 0 Å².